The van der Waals surface area contributed by atoms with Crippen LogP contribution in [0.25, 0.3) is 0 Å². The smallest absolute Gasteiger partial charge is 0.356 e. The van der Waals surface area contributed by atoms with Crippen molar-refractivity contribution in [3.8, 4) is 17.4 Å². The number of ether oxygens (including phenoxy) is 1. The highest BCUT2D eigenvalue weighted by Crippen LogP contribution is 2.34. The normalized spacial score (nSPS) is 15.9. The van der Waals surface area contributed by atoms with E-state index in [2.05, 4.69) is 33.1 Å². The summed E-state index contributed by atoms with van der Waals surface area (Å²) in [6, 6.07) is 9.17. The van der Waals surface area contributed by atoms with E-state index in [9.17, 15) is 19.8 Å². The van der Waals surface area contributed by atoms with Gasteiger partial charge < -0.3 is 25.0 Å². The number of nitrogens with zero attached hydrogens (tertiary/aromatic N) is 4. The zero-order chi connectivity index (χ0) is 27.7. The monoisotopic (exact) mass is 532 g/mol. The molecule has 0 saturated carbocycles. The number of hydrogen-bond acceptors (Lipinski definition) is 8. The molecule has 3 aromatic rings. The highest BCUT2D eigenvalue weighted by molar-refractivity contribution is 5.97. The Morgan fingerprint density at radius 1 is 1.00 bits per heavy atom. The van der Waals surface area contributed by atoms with Crippen LogP contribution in [-0.4, -0.2) is 66.2 Å². The van der Waals surface area contributed by atoms with Crippen LogP contribution in [0.15, 0.2) is 42.7 Å². The predicted molar refractivity (Wildman–Crippen MR) is 142 cm³/mol. The molecule has 1 fully saturated rings. The maximum atomic E-state index is 13.3. The van der Waals surface area contributed by atoms with E-state index in [0.717, 1.165) is 43.6 Å². The number of phenolic OH excluding ortho intramolecular Hbond substituents is 2. The molecule has 0 aliphatic carbocycles. The van der Waals surface area contributed by atoms with Gasteiger partial charge in [0.2, 0.25) is 5.88 Å². The minimum atomic E-state index is -1.12. The van der Waals surface area contributed by atoms with Gasteiger partial charge in [-0.25, -0.2) is 14.8 Å². The SMILES string of the molecule is CC(C)c1cc(C(=O)N2Cc3ccc(CN4CCC(Oc5cnc(C(=O)O)cn5)CC4)cc3C2)c(O)cc1O. The number of piperidine rings is 1. The minimum Gasteiger partial charge on any atom is -0.508 e. The number of aromatic nitrogens is 2. The number of phenols is 2. The third-order valence-corrected chi connectivity index (χ3v) is 7.35. The molecule has 3 heterocycles. The van der Waals surface area contributed by atoms with Gasteiger partial charge in [-0.2, -0.15) is 0 Å². The van der Waals surface area contributed by atoms with E-state index in [1.54, 1.807) is 11.0 Å². The molecule has 0 radical (unpaired) electrons. The lowest BCUT2D eigenvalue weighted by atomic mass is 9.98. The van der Waals surface area contributed by atoms with Crippen LogP contribution in [-0.2, 0) is 19.6 Å². The average Bonchev–Trinajstić information content (AvgIpc) is 3.33. The Balaban J connectivity index is 1.16. The quantitative estimate of drug-likeness (QED) is 0.414. The number of carbonyl (C=O) groups is 2. The number of carboxylic acid groups (broad SMARTS) is 1. The molecule has 10 heteroatoms. The molecular weight excluding hydrogens is 500 g/mol. The fourth-order valence-electron chi connectivity index (χ4n) is 5.19. The lowest BCUT2D eigenvalue weighted by molar-refractivity contribution is 0.0687. The van der Waals surface area contributed by atoms with E-state index in [1.165, 1.54) is 24.0 Å². The largest absolute Gasteiger partial charge is 0.508 e. The van der Waals surface area contributed by atoms with Gasteiger partial charge in [-0.15, -0.1) is 0 Å². The van der Waals surface area contributed by atoms with E-state index >= 15 is 0 Å². The zero-order valence-electron chi connectivity index (χ0n) is 22.0. The summed E-state index contributed by atoms with van der Waals surface area (Å²) in [6.07, 6.45) is 4.19. The van der Waals surface area contributed by atoms with Crippen molar-refractivity contribution in [2.75, 3.05) is 13.1 Å². The third kappa shape index (κ3) is 5.80. The molecule has 10 nitrogen and oxygen atoms in total. The molecule has 5 rings (SSSR count). The number of benzene rings is 2. The first kappa shape index (κ1) is 26.4. The number of fused-ring (bicyclic) bond motifs is 1. The van der Waals surface area contributed by atoms with Crippen LogP contribution in [0.2, 0.25) is 0 Å². The van der Waals surface area contributed by atoms with Crippen molar-refractivity contribution in [1.29, 1.82) is 0 Å². The molecular formula is C29H32N4O6. The van der Waals surface area contributed by atoms with E-state index in [1.807, 2.05) is 13.8 Å². The van der Waals surface area contributed by atoms with Gasteiger partial charge in [0.15, 0.2) is 5.69 Å². The average molecular weight is 533 g/mol. The number of amides is 1. The van der Waals surface area contributed by atoms with Crippen molar-refractivity contribution < 1.29 is 29.6 Å². The Hall–Kier alpha value is -4.18. The first-order valence-electron chi connectivity index (χ1n) is 13.1. The summed E-state index contributed by atoms with van der Waals surface area (Å²) >= 11 is 0. The molecule has 1 aromatic heterocycles. The lowest BCUT2D eigenvalue weighted by Gasteiger charge is -2.31. The standard InChI is InChI=1S/C29H32N4O6/c1-17(2)22-10-23(26(35)11-25(22)34)28(36)33-15-19-4-3-18(9-20(19)16-33)14-32-7-5-21(6-8-32)39-27-13-30-24(12-31-27)29(37)38/h3-4,9-13,17,21,34-35H,5-8,14-16H2,1-2H3,(H,37,38). The number of hydrogen-bond donors (Lipinski definition) is 3. The summed E-state index contributed by atoms with van der Waals surface area (Å²) in [5.41, 5.74) is 4.10. The Bertz CT molecular complexity index is 1380. The number of aromatic hydroxyl groups is 2. The number of carbonyl (C=O) groups excluding carboxylic acids is 1. The predicted octanol–water partition coefficient (Wildman–Crippen LogP) is 3.91. The molecule has 3 N–H and O–H groups in total. The van der Waals surface area contributed by atoms with Crippen molar-refractivity contribution >= 4 is 11.9 Å². The van der Waals surface area contributed by atoms with Crippen LogP contribution in [0.3, 0.4) is 0 Å². The van der Waals surface area contributed by atoms with Crippen molar-refractivity contribution in [3.05, 3.63) is 76.2 Å². The third-order valence-electron chi connectivity index (χ3n) is 7.35. The highest BCUT2D eigenvalue weighted by Gasteiger charge is 2.28. The molecule has 2 aliphatic heterocycles. The van der Waals surface area contributed by atoms with Gasteiger partial charge in [0.25, 0.3) is 5.91 Å². The molecule has 1 amide bonds. The van der Waals surface area contributed by atoms with Crippen LogP contribution < -0.4 is 4.74 Å². The van der Waals surface area contributed by atoms with Gasteiger partial charge in [0.1, 0.15) is 17.6 Å². The van der Waals surface area contributed by atoms with Crippen LogP contribution in [0.1, 0.15) is 75.7 Å². The maximum Gasteiger partial charge on any atom is 0.356 e. The molecule has 0 atom stereocenters. The second-order valence-electron chi connectivity index (χ2n) is 10.5. The van der Waals surface area contributed by atoms with Crippen LogP contribution in [0, 0.1) is 0 Å². The first-order chi connectivity index (χ1) is 18.7. The molecule has 1 saturated heterocycles. The number of carboxylic acids is 1. The summed E-state index contributed by atoms with van der Waals surface area (Å²) in [5.74, 6) is -1.24. The Morgan fingerprint density at radius 2 is 1.74 bits per heavy atom. The van der Waals surface area contributed by atoms with E-state index in [0.29, 0.717) is 24.5 Å². The van der Waals surface area contributed by atoms with Gasteiger partial charge in [0.05, 0.1) is 18.0 Å². The van der Waals surface area contributed by atoms with Crippen molar-refractivity contribution in [3.63, 3.8) is 0 Å². The van der Waals surface area contributed by atoms with E-state index in [-0.39, 0.29) is 40.7 Å². The summed E-state index contributed by atoms with van der Waals surface area (Å²) in [5, 5.41) is 29.4. The topological polar surface area (TPSA) is 136 Å². The van der Waals surface area contributed by atoms with E-state index < -0.39 is 5.97 Å². The first-order valence-corrected chi connectivity index (χ1v) is 13.1. The second-order valence-corrected chi connectivity index (χ2v) is 10.5. The number of likely N-dealkylation sites (tertiary alicyclic amines) is 1. The maximum absolute atomic E-state index is 13.3. The van der Waals surface area contributed by atoms with Crippen molar-refractivity contribution in [2.24, 2.45) is 0 Å². The Kier molecular flexibility index (Phi) is 7.38. The summed E-state index contributed by atoms with van der Waals surface area (Å²) in [6.45, 7) is 7.30. The van der Waals surface area contributed by atoms with Gasteiger partial charge in [0, 0.05) is 38.8 Å². The Morgan fingerprint density at radius 3 is 2.41 bits per heavy atom. The zero-order valence-corrected chi connectivity index (χ0v) is 22.0. The lowest BCUT2D eigenvalue weighted by Crippen LogP contribution is -2.37. The fraction of sp³-hybridized carbons (Fsp3) is 0.379. The second kappa shape index (κ2) is 10.9. The highest BCUT2D eigenvalue weighted by atomic mass is 16.5. The molecule has 204 valence electrons. The molecule has 0 unspecified atom stereocenters. The molecule has 0 spiro atoms. The van der Waals surface area contributed by atoms with Crippen molar-refractivity contribution in [1.82, 2.24) is 19.8 Å². The molecule has 0 bridgehead atoms. The van der Waals surface area contributed by atoms with E-state index in [4.69, 9.17) is 9.84 Å². The van der Waals surface area contributed by atoms with Gasteiger partial charge in [-0.1, -0.05) is 32.0 Å². The molecule has 2 aliphatic rings. The van der Waals surface area contributed by atoms with Gasteiger partial charge in [-0.05, 0) is 47.1 Å². The number of rotatable bonds is 7. The molecule has 39 heavy (non-hydrogen) atoms. The van der Waals surface area contributed by atoms with Crippen molar-refractivity contribution in [2.45, 2.75) is 58.3 Å². The number of aromatic carboxylic acids is 1. The van der Waals surface area contributed by atoms with Gasteiger partial charge >= 0.3 is 5.97 Å². The molecule has 2 aromatic carbocycles. The van der Waals surface area contributed by atoms with Crippen LogP contribution in [0.5, 0.6) is 17.4 Å². The van der Waals surface area contributed by atoms with Gasteiger partial charge in [-0.3, -0.25) is 9.69 Å². The Labute approximate surface area is 226 Å². The summed E-state index contributed by atoms with van der Waals surface area (Å²) < 4.78 is 5.89. The summed E-state index contributed by atoms with van der Waals surface area (Å²) in [4.78, 5) is 36.2. The summed E-state index contributed by atoms with van der Waals surface area (Å²) in [7, 11) is 0. The minimum absolute atomic E-state index is 0.00153. The fourth-order valence-corrected chi connectivity index (χ4v) is 5.19. The van der Waals surface area contributed by atoms with Crippen LogP contribution >= 0.6 is 0 Å². The van der Waals surface area contributed by atoms with Crippen LogP contribution in [0.4, 0.5) is 0 Å².